The summed E-state index contributed by atoms with van der Waals surface area (Å²) in [6.45, 7) is 1.82. The number of alkyl halides is 3. The van der Waals surface area contributed by atoms with Gasteiger partial charge in [-0.3, -0.25) is 0 Å². The van der Waals surface area contributed by atoms with Crippen molar-refractivity contribution in [1.82, 2.24) is 0 Å². The Morgan fingerprint density at radius 2 is 1.53 bits per heavy atom. The Kier molecular flexibility index (Phi) is 3.74. The topological polar surface area (TPSA) is 0 Å². The zero-order valence-corrected chi connectivity index (χ0v) is 10.4. The zero-order valence-electron chi connectivity index (χ0n) is 10.4. The number of allylic oxidation sites excluding steroid dienone is 1. The van der Waals surface area contributed by atoms with E-state index in [4.69, 9.17) is 0 Å². The number of hydrogen-bond donors (Lipinski definition) is 0. The molecule has 0 nitrogen and oxygen atoms in total. The lowest BCUT2D eigenvalue weighted by atomic mass is 9.96. The van der Waals surface area contributed by atoms with Crippen LogP contribution in [0.4, 0.5) is 13.2 Å². The van der Waals surface area contributed by atoms with E-state index >= 15 is 0 Å². The molecule has 0 atom stereocenters. The lowest BCUT2D eigenvalue weighted by Crippen LogP contribution is -2.05. The van der Waals surface area contributed by atoms with Gasteiger partial charge in [0.05, 0.1) is 5.56 Å². The van der Waals surface area contributed by atoms with Crippen LogP contribution in [0.15, 0.2) is 60.7 Å². The minimum atomic E-state index is -4.31. The van der Waals surface area contributed by atoms with Crippen molar-refractivity contribution >= 4 is 5.57 Å². The summed E-state index contributed by atoms with van der Waals surface area (Å²) in [6.07, 6.45) is -2.49. The van der Waals surface area contributed by atoms with Crippen LogP contribution in [0.2, 0.25) is 0 Å². The predicted molar refractivity (Wildman–Crippen MR) is 70.6 cm³/mol. The van der Waals surface area contributed by atoms with Crippen LogP contribution >= 0.6 is 0 Å². The van der Waals surface area contributed by atoms with E-state index in [1.165, 1.54) is 12.1 Å². The molecule has 0 saturated heterocycles. The smallest absolute Gasteiger partial charge is 0.166 e. The summed E-state index contributed by atoms with van der Waals surface area (Å²) >= 11 is 0. The lowest BCUT2D eigenvalue weighted by molar-refractivity contribution is -0.137. The summed E-state index contributed by atoms with van der Waals surface area (Å²) < 4.78 is 38.2. The summed E-state index contributed by atoms with van der Waals surface area (Å²) in [5.74, 6) is 0. The van der Waals surface area contributed by atoms with Gasteiger partial charge in [0.2, 0.25) is 0 Å². The van der Waals surface area contributed by atoms with Crippen LogP contribution in [0.1, 0.15) is 23.6 Å². The summed E-state index contributed by atoms with van der Waals surface area (Å²) in [6, 6.07) is 14.8. The highest BCUT2D eigenvalue weighted by molar-refractivity contribution is 5.79. The average Bonchev–Trinajstić information content (AvgIpc) is 2.40. The fourth-order valence-corrected chi connectivity index (χ4v) is 1.98. The van der Waals surface area contributed by atoms with E-state index in [1.807, 2.05) is 43.3 Å². The summed E-state index contributed by atoms with van der Waals surface area (Å²) in [7, 11) is 0. The normalized spacial score (nSPS) is 12.5. The van der Waals surface area contributed by atoms with Gasteiger partial charge in [0.1, 0.15) is 0 Å². The SMILES string of the molecule is CC=C(c1ccccc1)c1cccc(C(F)(F)F)c1. The van der Waals surface area contributed by atoms with Gasteiger partial charge in [0.25, 0.3) is 0 Å². The quantitative estimate of drug-likeness (QED) is 0.701. The van der Waals surface area contributed by atoms with Gasteiger partial charge >= 0.3 is 6.18 Å². The molecule has 0 aliphatic carbocycles. The molecule has 2 aromatic rings. The van der Waals surface area contributed by atoms with Gasteiger partial charge in [0, 0.05) is 0 Å². The molecular weight excluding hydrogens is 249 g/mol. The molecule has 0 amide bonds. The van der Waals surface area contributed by atoms with E-state index in [0.29, 0.717) is 5.56 Å². The van der Waals surface area contributed by atoms with Gasteiger partial charge in [-0.2, -0.15) is 13.2 Å². The average molecular weight is 262 g/mol. The molecule has 98 valence electrons. The van der Waals surface area contributed by atoms with E-state index in [-0.39, 0.29) is 0 Å². The van der Waals surface area contributed by atoms with Crippen molar-refractivity contribution in [3.63, 3.8) is 0 Å². The number of hydrogen-bond acceptors (Lipinski definition) is 0. The van der Waals surface area contributed by atoms with Gasteiger partial charge in [-0.25, -0.2) is 0 Å². The molecule has 0 spiro atoms. The Balaban J connectivity index is 2.47. The predicted octanol–water partition coefficient (Wildman–Crippen LogP) is 5.16. The maximum absolute atomic E-state index is 12.7. The van der Waals surface area contributed by atoms with Gasteiger partial charge in [0.15, 0.2) is 0 Å². The fourth-order valence-electron chi connectivity index (χ4n) is 1.98. The highest BCUT2D eigenvalue weighted by Crippen LogP contribution is 2.32. The molecule has 0 fully saturated rings. The maximum atomic E-state index is 12.7. The Hall–Kier alpha value is -2.03. The van der Waals surface area contributed by atoms with Crippen LogP contribution in [0.5, 0.6) is 0 Å². The van der Waals surface area contributed by atoms with Crippen molar-refractivity contribution in [2.45, 2.75) is 13.1 Å². The zero-order chi connectivity index (χ0) is 13.9. The number of benzene rings is 2. The van der Waals surface area contributed by atoms with Crippen molar-refractivity contribution < 1.29 is 13.2 Å². The molecule has 0 aliphatic heterocycles. The first-order valence-corrected chi connectivity index (χ1v) is 5.92. The largest absolute Gasteiger partial charge is 0.416 e. The van der Waals surface area contributed by atoms with Crippen LogP contribution in [0.3, 0.4) is 0 Å². The molecule has 0 N–H and O–H groups in total. The number of rotatable bonds is 2. The van der Waals surface area contributed by atoms with Crippen LogP contribution in [-0.4, -0.2) is 0 Å². The molecule has 0 saturated carbocycles. The van der Waals surface area contributed by atoms with Crippen molar-refractivity contribution in [2.75, 3.05) is 0 Å². The Labute approximate surface area is 110 Å². The van der Waals surface area contributed by atoms with Crippen LogP contribution in [0.25, 0.3) is 5.57 Å². The first-order valence-electron chi connectivity index (χ1n) is 5.92. The molecule has 0 radical (unpaired) electrons. The Morgan fingerprint density at radius 3 is 2.11 bits per heavy atom. The monoisotopic (exact) mass is 262 g/mol. The summed E-state index contributed by atoms with van der Waals surface area (Å²) in [4.78, 5) is 0. The molecule has 19 heavy (non-hydrogen) atoms. The molecule has 2 rings (SSSR count). The maximum Gasteiger partial charge on any atom is 0.416 e. The lowest BCUT2D eigenvalue weighted by Gasteiger charge is -2.11. The van der Waals surface area contributed by atoms with Crippen LogP contribution in [0, 0.1) is 0 Å². The molecule has 0 unspecified atom stereocenters. The van der Waals surface area contributed by atoms with Crippen LogP contribution < -0.4 is 0 Å². The minimum Gasteiger partial charge on any atom is -0.166 e. The molecule has 3 heteroatoms. The van der Waals surface area contributed by atoms with Gasteiger partial charge in [-0.05, 0) is 35.8 Å². The summed E-state index contributed by atoms with van der Waals surface area (Å²) in [5, 5.41) is 0. The van der Waals surface area contributed by atoms with E-state index in [2.05, 4.69) is 0 Å². The molecule has 0 heterocycles. The Bertz CT molecular complexity index is 580. The third-order valence-corrected chi connectivity index (χ3v) is 2.87. The standard InChI is InChI=1S/C16H13F3/c1-2-15(12-7-4-3-5-8-12)13-9-6-10-14(11-13)16(17,18)19/h2-11H,1H3. The van der Waals surface area contributed by atoms with Crippen molar-refractivity contribution in [1.29, 1.82) is 0 Å². The highest BCUT2D eigenvalue weighted by Gasteiger charge is 2.30. The number of halogens is 3. The first kappa shape index (κ1) is 13.4. The first-order chi connectivity index (χ1) is 9.02. The highest BCUT2D eigenvalue weighted by atomic mass is 19.4. The van der Waals surface area contributed by atoms with Crippen molar-refractivity contribution in [3.8, 4) is 0 Å². The molecule has 0 aromatic heterocycles. The van der Waals surface area contributed by atoms with Crippen LogP contribution in [-0.2, 0) is 6.18 Å². The second kappa shape index (κ2) is 5.31. The van der Waals surface area contributed by atoms with E-state index in [9.17, 15) is 13.2 Å². The van der Waals surface area contributed by atoms with Gasteiger partial charge < -0.3 is 0 Å². The molecule has 2 aromatic carbocycles. The third kappa shape index (κ3) is 3.05. The molecule has 0 bridgehead atoms. The van der Waals surface area contributed by atoms with E-state index < -0.39 is 11.7 Å². The van der Waals surface area contributed by atoms with Gasteiger partial charge in [-0.15, -0.1) is 0 Å². The minimum absolute atomic E-state index is 0.573. The second-order valence-electron chi connectivity index (χ2n) is 4.15. The summed E-state index contributed by atoms with van der Waals surface area (Å²) in [5.41, 5.74) is 1.65. The van der Waals surface area contributed by atoms with Gasteiger partial charge in [-0.1, -0.05) is 48.5 Å². The second-order valence-corrected chi connectivity index (χ2v) is 4.15. The van der Waals surface area contributed by atoms with E-state index in [0.717, 1.165) is 17.2 Å². The third-order valence-electron chi connectivity index (χ3n) is 2.87. The fraction of sp³-hybridized carbons (Fsp3) is 0.125. The van der Waals surface area contributed by atoms with Crippen molar-refractivity contribution in [2.24, 2.45) is 0 Å². The van der Waals surface area contributed by atoms with E-state index in [1.54, 1.807) is 6.07 Å². The Morgan fingerprint density at radius 1 is 0.895 bits per heavy atom. The van der Waals surface area contributed by atoms with Crippen molar-refractivity contribution in [3.05, 3.63) is 77.4 Å². The molecule has 0 aliphatic rings. The molecular formula is C16H13F3.